The summed E-state index contributed by atoms with van der Waals surface area (Å²) in [5.74, 6) is 1.26. The van der Waals surface area contributed by atoms with Gasteiger partial charge in [-0.05, 0) is 80.0 Å². The van der Waals surface area contributed by atoms with E-state index in [2.05, 4.69) is 0 Å². The molecule has 0 N–H and O–H groups in total. The Morgan fingerprint density at radius 1 is 0.815 bits per heavy atom. The Kier molecular flexibility index (Phi) is 5.47. The number of hydrogen-bond donors (Lipinski definition) is 0. The molecule has 0 bridgehead atoms. The molecular formula is C24H28F2O. The molecule has 0 spiro atoms. The summed E-state index contributed by atoms with van der Waals surface area (Å²) >= 11 is 0. The summed E-state index contributed by atoms with van der Waals surface area (Å²) in [5, 5.41) is 0. The topological polar surface area (TPSA) is 9.23 Å². The Labute approximate surface area is 160 Å². The zero-order valence-corrected chi connectivity index (χ0v) is 16.0. The molecule has 4 rings (SSSR count). The van der Waals surface area contributed by atoms with Crippen molar-refractivity contribution >= 4 is 0 Å². The fourth-order valence-electron chi connectivity index (χ4n) is 4.53. The van der Waals surface area contributed by atoms with E-state index in [4.69, 9.17) is 4.74 Å². The highest BCUT2D eigenvalue weighted by Gasteiger charge is 2.30. The maximum absolute atomic E-state index is 14.8. The standard InChI is InChI=1S/C24H28F2O/c1-2-27-20-11-9-19(10-12-20)22-14-13-21(23(25)24(22)26)18-7-5-17(6-8-18)15-16-3-4-16/h9-14,16-18H,2-8,15H2,1H3. The number of benzene rings is 2. The van der Waals surface area contributed by atoms with Crippen LogP contribution in [0.25, 0.3) is 11.1 Å². The van der Waals surface area contributed by atoms with Crippen molar-refractivity contribution in [3.8, 4) is 16.9 Å². The van der Waals surface area contributed by atoms with E-state index >= 15 is 0 Å². The Morgan fingerprint density at radius 2 is 1.44 bits per heavy atom. The Balaban J connectivity index is 1.48. The average molecular weight is 370 g/mol. The van der Waals surface area contributed by atoms with Crippen molar-refractivity contribution in [2.75, 3.05) is 6.61 Å². The summed E-state index contributed by atoms with van der Waals surface area (Å²) in [6, 6.07) is 10.7. The van der Waals surface area contributed by atoms with Crippen molar-refractivity contribution < 1.29 is 13.5 Å². The van der Waals surface area contributed by atoms with Gasteiger partial charge >= 0.3 is 0 Å². The van der Waals surface area contributed by atoms with Gasteiger partial charge in [0.25, 0.3) is 0 Å². The van der Waals surface area contributed by atoms with Crippen molar-refractivity contribution in [1.29, 1.82) is 0 Å². The van der Waals surface area contributed by atoms with Crippen LogP contribution >= 0.6 is 0 Å². The van der Waals surface area contributed by atoms with Gasteiger partial charge in [0.05, 0.1) is 6.61 Å². The second kappa shape index (κ2) is 8.00. The van der Waals surface area contributed by atoms with Gasteiger partial charge in [-0.25, -0.2) is 8.78 Å². The van der Waals surface area contributed by atoms with E-state index in [1.165, 1.54) is 19.3 Å². The van der Waals surface area contributed by atoms with E-state index in [0.717, 1.165) is 43.3 Å². The lowest BCUT2D eigenvalue weighted by Crippen LogP contribution is -2.15. The van der Waals surface area contributed by atoms with Crippen molar-refractivity contribution in [2.24, 2.45) is 11.8 Å². The molecule has 2 aliphatic rings. The molecule has 0 amide bonds. The van der Waals surface area contributed by atoms with Gasteiger partial charge in [0.1, 0.15) is 5.75 Å². The summed E-state index contributed by atoms with van der Waals surface area (Å²) in [4.78, 5) is 0. The highest BCUT2D eigenvalue weighted by molar-refractivity contribution is 5.65. The maximum atomic E-state index is 14.8. The average Bonchev–Trinajstić information content (AvgIpc) is 3.50. The molecule has 0 radical (unpaired) electrons. The predicted molar refractivity (Wildman–Crippen MR) is 105 cm³/mol. The first-order valence-corrected chi connectivity index (χ1v) is 10.4. The first kappa shape index (κ1) is 18.5. The lowest BCUT2D eigenvalue weighted by Gasteiger charge is -2.29. The van der Waals surface area contributed by atoms with Gasteiger partial charge in [0.2, 0.25) is 0 Å². The maximum Gasteiger partial charge on any atom is 0.166 e. The van der Waals surface area contributed by atoms with Crippen LogP contribution in [0.1, 0.15) is 63.4 Å². The molecular weight excluding hydrogens is 342 g/mol. The Hall–Kier alpha value is -1.90. The van der Waals surface area contributed by atoms with Crippen LogP contribution in [0.15, 0.2) is 36.4 Å². The van der Waals surface area contributed by atoms with Crippen LogP contribution in [0.2, 0.25) is 0 Å². The van der Waals surface area contributed by atoms with Gasteiger partial charge in [-0.3, -0.25) is 0 Å². The molecule has 0 aromatic heterocycles. The largest absolute Gasteiger partial charge is 0.494 e. The van der Waals surface area contributed by atoms with E-state index in [1.807, 2.05) is 6.92 Å². The lowest BCUT2D eigenvalue weighted by molar-refractivity contribution is 0.294. The first-order chi connectivity index (χ1) is 13.2. The molecule has 2 aromatic rings. The van der Waals surface area contributed by atoms with E-state index in [1.54, 1.807) is 36.4 Å². The van der Waals surface area contributed by atoms with E-state index in [9.17, 15) is 8.78 Å². The minimum atomic E-state index is -0.725. The molecule has 1 nitrogen and oxygen atoms in total. The molecule has 2 saturated carbocycles. The number of hydrogen-bond acceptors (Lipinski definition) is 1. The summed E-state index contributed by atoms with van der Waals surface area (Å²) in [6.45, 7) is 2.50. The van der Waals surface area contributed by atoms with Crippen LogP contribution in [0.4, 0.5) is 8.78 Å². The molecule has 0 saturated heterocycles. The predicted octanol–water partition coefficient (Wildman–Crippen LogP) is 7.10. The zero-order valence-electron chi connectivity index (χ0n) is 16.0. The molecule has 3 heteroatoms. The molecule has 2 aliphatic carbocycles. The SMILES string of the molecule is CCOc1ccc(-c2ccc(C3CCC(CC4CC4)CC3)c(F)c2F)cc1. The number of rotatable bonds is 6. The summed E-state index contributed by atoms with van der Waals surface area (Å²) < 4.78 is 35.1. The van der Waals surface area contributed by atoms with Gasteiger partial charge in [-0.15, -0.1) is 0 Å². The van der Waals surface area contributed by atoms with Crippen LogP contribution in [0.5, 0.6) is 5.75 Å². The third-order valence-corrected chi connectivity index (χ3v) is 6.24. The molecule has 144 valence electrons. The Bertz CT molecular complexity index is 772. The van der Waals surface area contributed by atoms with Crippen molar-refractivity contribution in [1.82, 2.24) is 0 Å². The molecule has 27 heavy (non-hydrogen) atoms. The van der Waals surface area contributed by atoms with Crippen LogP contribution in [0, 0.1) is 23.5 Å². The molecule has 0 unspecified atom stereocenters. The lowest BCUT2D eigenvalue weighted by atomic mass is 9.76. The minimum absolute atomic E-state index is 0.157. The van der Waals surface area contributed by atoms with Gasteiger partial charge in [-0.2, -0.15) is 0 Å². The van der Waals surface area contributed by atoms with E-state index in [0.29, 0.717) is 23.3 Å². The van der Waals surface area contributed by atoms with Gasteiger partial charge in [0.15, 0.2) is 11.6 Å². The highest BCUT2D eigenvalue weighted by atomic mass is 19.2. The fraction of sp³-hybridized carbons (Fsp3) is 0.500. The normalized spacial score (nSPS) is 22.6. The van der Waals surface area contributed by atoms with Crippen molar-refractivity contribution in [3.63, 3.8) is 0 Å². The van der Waals surface area contributed by atoms with Gasteiger partial charge in [-0.1, -0.05) is 37.1 Å². The van der Waals surface area contributed by atoms with Crippen LogP contribution < -0.4 is 4.74 Å². The monoisotopic (exact) mass is 370 g/mol. The molecule has 0 aliphatic heterocycles. The minimum Gasteiger partial charge on any atom is -0.494 e. The van der Waals surface area contributed by atoms with Gasteiger partial charge in [0, 0.05) is 5.56 Å². The molecule has 0 atom stereocenters. The summed E-state index contributed by atoms with van der Waals surface area (Å²) in [6.07, 6.45) is 8.41. The van der Waals surface area contributed by atoms with Crippen LogP contribution in [-0.4, -0.2) is 6.61 Å². The molecule has 2 fully saturated rings. The molecule has 2 aromatic carbocycles. The third kappa shape index (κ3) is 4.17. The summed E-state index contributed by atoms with van der Waals surface area (Å²) in [7, 11) is 0. The van der Waals surface area contributed by atoms with Crippen LogP contribution in [0.3, 0.4) is 0 Å². The Morgan fingerprint density at radius 3 is 2.04 bits per heavy atom. The molecule has 0 heterocycles. The fourth-order valence-corrected chi connectivity index (χ4v) is 4.53. The quantitative estimate of drug-likeness (QED) is 0.527. The number of ether oxygens (including phenoxy) is 1. The van der Waals surface area contributed by atoms with Gasteiger partial charge < -0.3 is 4.74 Å². The smallest absolute Gasteiger partial charge is 0.166 e. The van der Waals surface area contributed by atoms with Crippen molar-refractivity contribution in [2.45, 2.75) is 57.8 Å². The highest BCUT2D eigenvalue weighted by Crippen LogP contribution is 2.44. The third-order valence-electron chi connectivity index (χ3n) is 6.24. The first-order valence-electron chi connectivity index (χ1n) is 10.4. The van der Waals surface area contributed by atoms with Crippen molar-refractivity contribution in [3.05, 3.63) is 53.6 Å². The second-order valence-corrected chi connectivity index (χ2v) is 8.18. The van der Waals surface area contributed by atoms with E-state index < -0.39 is 11.6 Å². The second-order valence-electron chi connectivity index (χ2n) is 8.18. The summed E-state index contributed by atoms with van der Waals surface area (Å²) in [5.41, 5.74) is 1.56. The zero-order chi connectivity index (χ0) is 18.8. The van der Waals surface area contributed by atoms with E-state index in [-0.39, 0.29) is 5.92 Å². The van der Waals surface area contributed by atoms with Crippen LogP contribution in [-0.2, 0) is 0 Å². The number of halogens is 2.